The van der Waals surface area contributed by atoms with Gasteiger partial charge < -0.3 is 5.32 Å². The van der Waals surface area contributed by atoms with Gasteiger partial charge in [-0.2, -0.15) is 0 Å². The summed E-state index contributed by atoms with van der Waals surface area (Å²) in [5.74, 6) is -0.114. The van der Waals surface area contributed by atoms with Crippen LogP contribution in [0.2, 0.25) is 5.02 Å². The van der Waals surface area contributed by atoms with Crippen molar-refractivity contribution in [1.29, 1.82) is 0 Å². The fourth-order valence-corrected chi connectivity index (χ4v) is 5.26. The summed E-state index contributed by atoms with van der Waals surface area (Å²) in [5.41, 5.74) is 3.62. The Morgan fingerprint density at radius 3 is 2.68 bits per heavy atom. The van der Waals surface area contributed by atoms with Crippen molar-refractivity contribution in [3.8, 4) is 5.69 Å². The molecule has 2 aromatic carbocycles. The van der Waals surface area contributed by atoms with Crippen LogP contribution in [0.1, 0.15) is 24.1 Å². The van der Waals surface area contributed by atoms with Crippen molar-refractivity contribution in [3.63, 3.8) is 0 Å². The number of rotatable bonds is 5. The molecule has 2 aromatic heterocycles. The van der Waals surface area contributed by atoms with E-state index in [1.54, 1.807) is 24.3 Å². The van der Waals surface area contributed by atoms with Crippen LogP contribution in [0, 0.1) is 0 Å². The summed E-state index contributed by atoms with van der Waals surface area (Å²) in [7, 11) is 0. The molecule has 0 atom stereocenters. The van der Waals surface area contributed by atoms with E-state index in [9.17, 15) is 9.59 Å². The van der Waals surface area contributed by atoms with Crippen LogP contribution in [0.5, 0.6) is 0 Å². The van der Waals surface area contributed by atoms with E-state index >= 15 is 0 Å². The van der Waals surface area contributed by atoms with Crippen molar-refractivity contribution in [3.05, 3.63) is 85.7 Å². The van der Waals surface area contributed by atoms with Gasteiger partial charge in [0.15, 0.2) is 10.8 Å². The molecule has 1 amide bonds. The lowest BCUT2D eigenvalue weighted by Crippen LogP contribution is -2.24. The number of pyridine rings is 1. The van der Waals surface area contributed by atoms with E-state index in [1.807, 2.05) is 30.3 Å². The van der Waals surface area contributed by atoms with Gasteiger partial charge in [-0.1, -0.05) is 45.4 Å². The van der Waals surface area contributed by atoms with Gasteiger partial charge in [-0.3, -0.25) is 14.2 Å². The average molecular weight is 556 g/mol. The van der Waals surface area contributed by atoms with Gasteiger partial charge in [0.2, 0.25) is 5.91 Å². The van der Waals surface area contributed by atoms with Crippen LogP contribution in [0.15, 0.2) is 69.0 Å². The van der Waals surface area contributed by atoms with E-state index in [2.05, 4.69) is 21.2 Å². The second-order valence-corrected chi connectivity index (χ2v) is 10.3. The molecule has 1 N–H and O–H groups in total. The maximum absolute atomic E-state index is 13.6. The van der Waals surface area contributed by atoms with Crippen LogP contribution in [0.4, 0.5) is 5.69 Å². The van der Waals surface area contributed by atoms with Gasteiger partial charge in [-0.15, -0.1) is 0 Å². The predicted molar refractivity (Wildman–Crippen MR) is 140 cm³/mol. The molecule has 0 saturated carbocycles. The number of halogens is 2. The summed E-state index contributed by atoms with van der Waals surface area (Å²) >= 11 is 10.8. The number of amides is 1. The maximum Gasteiger partial charge on any atom is 0.268 e. The highest BCUT2D eigenvalue weighted by atomic mass is 79.9. The molecular weight excluding hydrogens is 536 g/mol. The van der Waals surface area contributed by atoms with E-state index in [-0.39, 0.29) is 17.2 Å². The Morgan fingerprint density at radius 2 is 1.88 bits per heavy atom. The number of carbonyl (C=O) groups is 1. The Morgan fingerprint density at radius 1 is 1.09 bits per heavy atom. The molecule has 6 nitrogen and oxygen atoms in total. The average Bonchev–Trinajstić information content (AvgIpc) is 2.83. The van der Waals surface area contributed by atoms with E-state index < -0.39 is 0 Å². The maximum atomic E-state index is 13.6. The third-order valence-electron chi connectivity index (χ3n) is 5.63. The van der Waals surface area contributed by atoms with Crippen LogP contribution in [0.3, 0.4) is 0 Å². The Hall–Kier alpha value is -2.68. The van der Waals surface area contributed by atoms with Gasteiger partial charge >= 0.3 is 0 Å². The number of hydrogen-bond acceptors (Lipinski definition) is 5. The lowest BCUT2D eigenvalue weighted by molar-refractivity contribution is -0.113. The third-order valence-corrected chi connectivity index (χ3v) is 7.34. The molecule has 172 valence electrons. The molecule has 9 heteroatoms. The van der Waals surface area contributed by atoms with Gasteiger partial charge in [0, 0.05) is 20.9 Å². The number of thioether (sulfide) groups is 1. The van der Waals surface area contributed by atoms with Gasteiger partial charge in [-0.25, -0.2) is 9.97 Å². The number of hydrogen-bond donors (Lipinski definition) is 1. The highest BCUT2D eigenvalue weighted by molar-refractivity contribution is 9.10. The highest BCUT2D eigenvalue weighted by Gasteiger charge is 2.19. The number of fused-ring (bicyclic) bond motifs is 2. The van der Waals surface area contributed by atoms with Crippen molar-refractivity contribution < 1.29 is 4.79 Å². The van der Waals surface area contributed by atoms with Crippen molar-refractivity contribution in [2.75, 3.05) is 11.1 Å². The third kappa shape index (κ3) is 4.89. The Bertz CT molecular complexity index is 1460. The van der Waals surface area contributed by atoms with Crippen LogP contribution >= 0.6 is 39.3 Å². The minimum Gasteiger partial charge on any atom is -0.325 e. The Labute approximate surface area is 213 Å². The van der Waals surface area contributed by atoms with E-state index in [0.717, 1.165) is 41.4 Å². The number of nitrogens with zero attached hydrogens (tertiary/aromatic N) is 3. The first-order valence-electron chi connectivity index (χ1n) is 10.9. The van der Waals surface area contributed by atoms with Crippen molar-refractivity contribution >= 4 is 61.9 Å². The first-order chi connectivity index (χ1) is 16.5. The molecule has 1 aliphatic carbocycles. The Balaban J connectivity index is 1.53. The highest BCUT2D eigenvalue weighted by Crippen LogP contribution is 2.26. The largest absolute Gasteiger partial charge is 0.325 e. The van der Waals surface area contributed by atoms with Crippen molar-refractivity contribution in [2.24, 2.45) is 0 Å². The number of nitrogens with one attached hydrogen (secondary N) is 1. The van der Waals surface area contributed by atoms with Crippen LogP contribution in [-0.2, 0) is 17.6 Å². The number of anilines is 1. The number of carbonyl (C=O) groups excluding carboxylic acids is 1. The first kappa shape index (κ1) is 23.1. The summed E-state index contributed by atoms with van der Waals surface area (Å²) in [6, 6.07) is 16.3. The second kappa shape index (κ2) is 9.90. The summed E-state index contributed by atoms with van der Waals surface area (Å²) in [4.78, 5) is 35.7. The molecule has 0 aliphatic heterocycles. The lowest BCUT2D eigenvalue weighted by Gasteiger charge is -2.17. The minimum absolute atomic E-state index is 0.0829. The molecule has 5 rings (SSSR count). The van der Waals surface area contributed by atoms with Crippen molar-refractivity contribution in [1.82, 2.24) is 14.5 Å². The number of aryl methyl sites for hydroxylation is 2. The smallest absolute Gasteiger partial charge is 0.268 e. The normalized spacial score (nSPS) is 13.0. The number of aromatic nitrogens is 3. The zero-order chi connectivity index (χ0) is 23.7. The van der Waals surface area contributed by atoms with E-state index in [0.29, 0.717) is 32.6 Å². The van der Waals surface area contributed by atoms with Gasteiger partial charge in [0.05, 0.1) is 16.8 Å². The molecule has 0 bridgehead atoms. The second-order valence-electron chi connectivity index (χ2n) is 8.03. The molecule has 2 heterocycles. The molecule has 0 radical (unpaired) electrons. The summed E-state index contributed by atoms with van der Waals surface area (Å²) in [5, 5.41) is 4.25. The molecule has 0 unspecified atom stereocenters. The molecule has 0 saturated heterocycles. The van der Waals surface area contributed by atoms with Crippen LogP contribution in [-0.4, -0.2) is 26.2 Å². The summed E-state index contributed by atoms with van der Waals surface area (Å²) in [6.45, 7) is 0. The Kier molecular flexibility index (Phi) is 6.72. The standard InChI is InChI=1S/C25H20BrClN4O2S/c26-16-8-10-18(11-9-16)28-22(32)14-34-25-30-23-20(12-15-4-1-2-7-21(15)29-23)24(33)31(25)19-6-3-5-17(27)13-19/h3,5-6,8-13H,1-2,4,7,14H2,(H,28,32). The fraction of sp³-hybridized carbons (Fsp3) is 0.200. The topological polar surface area (TPSA) is 76.9 Å². The monoisotopic (exact) mass is 554 g/mol. The van der Waals surface area contributed by atoms with Gasteiger partial charge in [-0.05, 0) is 79.8 Å². The fourth-order valence-electron chi connectivity index (χ4n) is 4.01. The van der Waals surface area contributed by atoms with Crippen molar-refractivity contribution in [2.45, 2.75) is 30.8 Å². The van der Waals surface area contributed by atoms with E-state index in [1.165, 1.54) is 16.3 Å². The zero-order valence-electron chi connectivity index (χ0n) is 18.1. The molecular formula is C25H20BrClN4O2S. The number of benzene rings is 2. The summed E-state index contributed by atoms with van der Waals surface area (Å²) < 4.78 is 2.45. The molecule has 4 aromatic rings. The molecule has 1 aliphatic rings. The van der Waals surface area contributed by atoms with Crippen LogP contribution < -0.4 is 10.9 Å². The van der Waals surface area contributed by atoms with Crippen LogP contribution in [0.25, 0.3) is 16.7 Å². The summed E-state index contributed by atoms with van der Waals surface area (Å²) in [6.07, 6.45) is 3.99. The SMILES string of the molecule is O=C(CSc1nc2nc3c(cc2c(=O)n1-c1cccc(Cl)c1)CCCC3)Nc1ccc(Br)cc1. The minimum atomic E-state index is -0.219. The zero-order valence-corrected chi connectivity index (χ0v) is 21.2. The molecule has 0 spiro atoms. The van der Waals surface area contributed by atoms with Gasteiger partial charge in [0.25, 0.3) is 5.56 Å². The molecule has 0 fully saturated rings. The lowest BCUT2D eigenvalue weighted by atomic mass is 9.95. The predicted octanol–water partition coefficient (Wildman–Crippen LogP) is 5.81. The van der Waals surface area contributed by atoms with E-state index in [4.69, 9.17) is 21.6 Å². The molecule has 34 heavy (non-hydrogen) atoms. The van der Waals surface area contributed by atoms with Gasteiger partial charge in [0.1, 0.15) is 0 Å². The quantitative estimate of drug-likeness (QED) is 0.249. The first-order valence-corrected chi connectivity index (χ1v) is 13.0.